The Morgan fingerprint density at radius 2 is 2.30 bits per heavy atom. The molecule has 3 N–H and O–H groups in total. The second-order valence-electron chi connectivity index (χ2n) is 6.06. The van der Waals surface area contributed by atoms with Crippen LogP contribution in [0.4, 0.5) is 5.69 Å². The molecule has 1 aromatic carbocycles. The molecule has 1 amide bonds. The minimum Gasteiger partial charge on any atom is -0.399 e. The molecular formula is C16H23N3O. The third kappa shape index (κ3) is 2.66. The summed E-state index contributed by atoms with van der Waals surface area (Å²) in [5.41, 5.74) is 9.43. The molecular weight excluding hydrogens is 250 g/mol. The number of nitrogen functional groups attached to an aromatic ring is 1. The fourth-order valence-corrected chi connectivity index (χ4v) is 3.43. The van der Waals surface area contributed by atoms with Crippen molar-refractivity contribution >= 4 is 11.6 Å². The summed E-state index contributed by atoms with van der Waals surface area (Å²) in [6.07, 6.45) is 3.94. The van der Waals surface area contributed by atoms with E-state index in [1.807, 2.05) is 11.0 Å². The number of likely N-dealkylation sites (tertiary alicyclic amines) is 1. The zero-order valence-electron chi connectivity index (χ0n) is 12.1. The zero-order valence-corrected chi connectivity index (χ0v) is 12.1. The summed E-state index contributed by atoms with van der Waals surface area (Å²) in [6, 6.07) is 6.94. The van der Waals surface area contributed by atoms with E-state index in [1.165, 1.54) is 11.1 Å². The highest BCUT2D eigenvalue weighted by Gasteiger charge is 2.26. The fourth-order valence-electron chi connectivity index (χ4n) is 3.43. The van der Waals surface area contributed by atoms with Gasteiger partial charge in [-0.05, 0) is 49.4 Å². The highest BCUT2D eigenvalue weighted by atomic mass is 16.2. The van der Waals surface area contributed by atoms with Crippen molar-refractivity contribution in [3.63, 3.8) is 0 Å². The number of rotatable bonds is 4. The number of nitrogens with two attached hydrogens (primary N) is 1. The summed E-state index contributed by atoms with van der Waals surface area (Å²) in [4.78, 5) is 13.6. The van der Waals surface area contributed by atoms with Crippen LogP contribution in [0.2, 0.25) is 0 Å². The van der Waals surface area contributed by atoms with Gasteiger partial charge in [0.1, 0.15) is 0 Å². The lowest BCUT2D eigenvalue weighted by Gasteiger charge is -2.25. The predicted octanol–water partition coefficient (Wildman–Crippen LogP) is 1.86. The van der Waals surface area contributed by atoms with E-state index in [4.69, 9.17) is 5.73 Å². The highest BCUT2D eigenvalue weighted by Crippen LogP contribution is 2.32. The molecule has 1 aliphatic carbocycles. The summed E-state index contributed by atoms with van der Waals surface area (Å²) >= 11 is 0. The molecule has 0 aromatic heterocycles. The van der Waals surface area contributed by atoms with Gasteiger partial charge in [0.25, 0.3) is 0 Å². The molecule has 0 radical (unpaired) electrons. The average Bonchev–Trinajstić information content (AvgIpc) is 2.97. The van der Waals surface area contributed by atoms with Gasteiger partial charge in [-0.2, -0.15) is 0 Å². The number of carbonyl (C=O) groups excluding carboxylic acids is 1. The molecule has 2 unspecified atom stereocenters. The summed E-state index contributed by atoms with van der Waals surface area (Å²) in [5.74, 6) is 0.304. The van der Waals surface area contributed by atoms with Crippen molar-refractivity contribution in [1.29, 1.82) is 0 Å². The van der Waals surface area contributed by atoms with Crippen LogP contribution in [0.3, 0.4) is 0 Å². The van der Waals surface area contributed by atoms with Crippen molar-refractivity contribution in [2.45, 2.75) is 44.7 Å². The molecule has 1 aliphatic heterocycles. The fraction of sp³-hybridized carbons (Fsp3) is 0.562. The number of hydrogen-bond acceptors (Lipinski definition) is 3. The van der Waals surface area contributed by atoms with Crippen molar-refractivity contribution in [2.75, 3.05) is 18.8 Å². The number of fused-ring (bicyclic) bond motifs is 1. The molecule has 20 heavy (non-hydrogen) atoms. The van der Waals surface area contributed by atoms with E-state index in [1.54, 1.807) is 0 Å². The number of carbonyl (C=O) groups is 1. The Bertz CT molecular complexity index is 514. The van der Waals surface area contributed by atoms with Crippen molar-refractivity contribution in [2.24, 2.45) is 0 Å². The summed E-state index contributed by atoms with van der Waals surface area (Å²) in [5, 5.41) is 3.67. The predicted molar refractivity (Wildman–Crippen MR) is 80.3 cm³/mol. The van der Waals surface area contributed by atoms with Crippen LogP contribution >= 0.6 is 0 Å². The number of nitrogens with zero attached hydrogens (tertiary/aromatic N) is 1. The van der Waals surface area contributed by atoms with Crippen molar-refractivity contribution in [3.05, 3.63) is 29.3 Å². The van der Waals surface area contributed by atoms with E-state index in [0.717, 1.165) is 44.5 Å². The number of amides is 1. The number of hydrogen-bond donors (Lipinski definition) is 2. The van der Waals surface area contributed by atoms with E-state index in [-0.39, 0.29) is 0 Å². The monoisotopic (exact) mass is 273 g/mol. The molecule has 108 valence electrons. The quantitative estimate of drug-likeness (QED) is 0.823. The number of anilines is 1. The summed E-state index contributed by atoms with van der Waals surface area (Å²) < 4.78 is 0. The summed E-state index contributed by atoms with van der Waals surface area (Å²) in [6.45, 7) is 3.91. The lowest BCUT2D eigenvalue weighted by molar-refractivity contribution is -0.127. The molecule has 4 heteroatoms. The first kappa shape index (κ1) is 13.4. The highest BCUT2D eigenvalue weighted by molar-refractivity contribution is 5.78. The molecule has 0 saturated carbocycles. The van der Waals surface area contributed by atoms with Gasteiger partial charge in [0.15, 0.2) is 0 Å². The van der Waals surface area contributed by atoms with Crippen LogP contribution < -0.4 is 11.1 Å². The van der Waals surface area contributed by atoms with Crippen LogP contribution in [0.5, 0.6) is 0 Å². The van der Waals surface area contributed by atoms with E-state index in [2.05, 4.69) is 24.4 Å². The van der Waals surface area contributed by atoms with Gasteiger partial charge in [-0.15, -0.1) is 0 Å². The van der Waals surface area contributed by atoms with Crippen LogP contribution in [0.15, 0.2) is 18.2 Å². The first-order valence-corrected chi connectivity index (χ1v) is 7.55. The largest absolute Gasteiger partial charge is 0.399 e. The number of benzene rings is 1. The first-order valence-electron chi connectivity index (χ1n) is 7.55. The number of aryl methyl sites for hydroxylation is 1. The Kier molecular flexibility index (Phi) is 3.66. The number of nitrogens with one attached hydrogen (secondary N) is 1. The average molecular weight is 273 g/mol. The molecule has 1 fully saturated rings. The molecule has 3 rings (SSSR count). The van der Waals surface area contributed by atoms with Crippen molar-refractivity contribution in [3.8, 4) is 0 Å². The first-order chi connectivity index (χ1) is 9.63. The van der Waals surface area contributed by atoms with Crippen LogP contribution in [0, 0.1) is 0 Å². The second-order valence-corrected chi connectivity index (χ2v) is 6.06. The van der Waals surface area contributed by atoms with E-state index < -0.39 is 0 Å². The van der Waals surface area contributed by atoms with Gasteiger partial charge in [-0.1, -0.05) is 6.07 Å². The van der Waals surface area contributed by atoms with E-state index in [9.17, 15) is 4.79 Å². The molecule has 1 saturated heterocycles. The van der Waals surface area contributed by atoms with Gasteiger partial charge in [0.2, 0.25) is 5.91 Å². The van der Waals surface area contributed by atoms with Crippen molar-refractivity contribution in [1.82, 2.24) is 10.2 Å². The Hall–Kier alpha value is -1.55. The van der Waals surface area contributed by atoms with Gasteiger partial charge in [-0.3, -0.25) is 4.79 Å². The normalized spacial score (nSPS) is 23.1. The molecule has 0 spiro atoms. The minimum absolute atomic E-state index is 0.304. The van der Waals surface area contributed by atoms with Gasteiger partial charge in [0.05, 0.1) is 0 Å². The van der Waals surface area contributed by atoms with E-state index in [0.29, 0.717) is 18.0 Å². The smallest absolute Gasteiger partial charge is 0.222 e. The third-order valence-electron chi connectivity index (χ3n) is 4.40. The zero-order chi connectivity index (χ0) is 14.1. The van der Waals surface area contributed by atoms with Crippen molar-refractivity contribution < 1.29 is 4.79 Å². The Morgan fingerprint density at radius 1 is 1.45 bits per heavy atom. The maximum atomic E-state index is 11.7. The maximum absolute atomic E-state index is 11.7. The van der Waals surface area contributed by atoms with Gasteiger partial charge in [0, 0.05) is 37.3 Å². The SMILES string of the molecule is CC(CN1CCCC1=O)NC1CCc2cc(N)ccc21. The standard InChI is InChI=1S/C16H23N3O/c1-11(10-19-8-2-3-16(19)20)18-15-7-4-12-9-13(17)5-6-14(12)15/h5-6,9,11,15,18H,2-4,7-8,10,17H2,1H3. The Morgan fingerprint density at radius 3 is 3.05 bits per heavy atom. The molecule has 2 atom stereocenters. The lowest BCUT2D eigenvalue weighted by Crippen LogP contribution is -2.40. The van der Waals surface area contributed by atoms with Crippen LogP contribution in [-0.2, 0) is 11.2 Å². The van der Waals surface area contributed by atoms with Gasteiger partial charge in [-0.25, -0.2) is 0 Å². The molecule has 1 heterocycles. The van der Waals surface area contributed by atoms with E-state index >= 15 is 0 Å². The van der Waals surface area contributed by atoms with Crippen LogP contribution in [0.1, 0.15) is 43.4 Å². The van der Waals surface area contributed by atoms with Crippen LogP contribution in [-0.4, -0.2) is 29.9 Å². The van der Waals surface area contributed by atoms with Gasteiger partial charge >= 0.3 is 0 Å². The molecule has 0 bridgehead atoms. The Balaban J connectivity index is 1.60. The van der Waals surface area contributed by atoms with Gasteiger partial charge < -0.3 is 16.0 Å². The molecule has 1 aromatic rings. The maximum Gasteiger partial charge on any atom is 0.222 e. The minimum atomic E-state index is 0.304. The topological polar surface area (TPSA) is 58.4 Å². The Labute approximate surface area is 120 Å². The molecule has 2 aliphatic rings. The lowest BCUT2D eigenvalue weighted by atomic mass is 10.1. The summed E-state index contributed by atoms with van der Waals surface area (Å²) in [7, 11) is 0. The molecule has 4 nitrogen and oxygen atoms in total. The second kappa shape index (κ2) is 5.44. The van der Waals surface area contributed by atoms with Crippen LogP contribution in [0.25, 0.3) is 0 Å². The third-order valence-corrected chi connectivity index (χ3v) is 4.40.